The van der Waals surface area contributed by atoms with Crippen molar-refractivity contribution in [2.45, 2.75) is 32.0 Å². The summed E-state index contributed by atoms with van der Waals surface area (Å²) in [7, 11) is 2.19. The Morgan fingerprint density at radius 1 is 1.10 bits per heavy atom. The fourth-order valence-electron chi connectivity index (χ4n) is 2.43. The van der Waals surface area contributed by atoms with Crippen LogP contribution in [0.3, 0.4) is 0 Å². The highest BCUT2D eigenvalue weighted by Crippen LogP contribution is 2.29. The third-order valence-electron chi connectivity index (χ3n) is 3.87. The summed E-state index contributed by atoms with van der Waals surface area (Å²) < 4.78 is 5.99. The van der Waals surface area contributed by atoms with Crippen LogP contribution < -0.4 is 4.74 Å². The first-order chi connectivity index (χ1) is 10.2. The molecule has 2 aromatic rings. The van der Waals surface area contributed by atoms with Crippen molar-refractivity contribution in [3.05, 3.63) is 64.7 Å². The second kappa shape index (κ2) is 6.50. The van der Waals surface area contributed by atoms with Gasteiger partial charge in [0.25, 0.3) is 0 Å². The third-order valence-corrected chi connectivity index (χ3v) is 4.12. The Balaban J connectivity index is 1.65. The Morgan fingerprint density at radius 3 is 2.52 bits per heavy atom. The van der Waals surface area contributed by atoms with E-state index in [-0.39, 0.29) is 0 Å². The van der Waals surface area contributed by atoms with Gasteiger partial charge in [-0.2, -0.15) is 0 Å². The second-order valence-electron chi connectivity index (χ2n) is 5.67. The van der Waals surface area contributed by atoms with Gasteiger partial charge in [0.05, 0.1) is 0 Å². The molecule has 0 heterocycles. The molecule has 0 unspecified atom stereocenters. The average molecular weight is 302 g/mol. The molecule has 0 aromatic heterocycles. The first kappa shape index (κ1) is 14.4. The highest BCUT2D eigenvalue weighted by atomic mass is 35.5. The molecule has 0 spiro atoms. The maximum absolute atomic E-state index is 5.99. The molecule has 1 saturated carbocycles. The van der Waals surface area contributed by atoms with Gasteiger partial charge < -0.3 is 4.74 Å². The summed E-state index contributed by atoms with van der Waals surface area (Å²) in [6, 6.07) is 16.8. The third kappa shape index (κ3) is 3.99. The van der Waals surface area contributed by atoms with Gasteiger partial charge in [-0.3, -0.25) is 4.90 Å². The van der Waals surface area contributed by atoms with Gasteiger partial charge in [0.15, 0.2) is 0 Å². The number of ether oxygens (including phenoxy) is 1. The van der Waals surface area contributed by atoms with Gasteiger partial charge >= 0.3 is 0 Å². The lowest BCUT2D eigenvalue weighted by Crippen LogP contribution is -2.20. The lowest BCUT2D eigenvalue weighted by atomic mass is 10.2. The van der Waals surface area contributed by atoms with E-state index < -0.39 is 0 Å². The van der Waals surface area contributed by atoms with Crippen LogP contribution in [-0.2, 0) is 13.2 Å². The van der Waals surface area contributed by atoms with Crippen molar-refractivity contribution in [3.8, 4) is 5.75 Å². The predicted molar refractivity (Wildman–Crippen MR) is 86.7 cm³/mol. The van der Waals surface area contributed by atoms with E-state index in [1.807, 2.05) is 36.4 Å². The summed E-state index contributed by atoms with van der Waals surface area (Å²) in [5, 5.41) is 0.755. The predicted octanol–water partition coefficient (Wildman–Crippen LogP) is 4.51. The summed E-state index contributed by atoms with van der Waals surface area (Å²) >= 11 is 5.90. The van der Waals surface area contributed by atoms with E-state index in [0.29, 0.717) is 6.61 Å². The zero-order valence-corrected chi connectivity index (χ0v) is 13.0. The summed E-state index contributed by atoms with van der Waals surface area (Å²) in [6.07, 6.45) is 2.65. The molecule has 0 N–H and O–H groups in total. The van der Waals surface area contributed by atoms with Crippen molar-refractivity contribution >= 4 is 11.6 Å². The molecule has 2 nitrogen and oxygen atoms in total. The maximum Gasteiger partial charge on any atom is 0.124 e. The van der Waals surface area contributed by atoms with Gasteiger partial charge in [-0.05, 0) is 43.7 Å². The zero-order valence-electron chi connectivity index (χ0n) is 12.3. The number of rotatable bonds is 6. The first-order valence-corrected chi connectivity index (χ1v) is 7.75. The Bertz CT molecular complexity index is 592. The van der Waals surface area contributed by atoms with E-state index in [4.69, 9.17) is 16.3 Å². The SMILES string of the molecule is CN(Cc1ccccc1OCc1ccc(Cl)cc1)C1CC1. The van der Waals surface area contributed by atoms with Crippen LogP contribution in [0, 0.1) is 0 Å². The van der Waals surface area contributed by atoms with Crippen LogP contribution >= 0.6 is 11.6 Å². The molecule has 2 aromatic carbocycles. The minimum Gasteiger partial charge on any atom is -0.489 e. The molecule has 110 valence electrons. The molecule has 0 amide bonds. The molecule has 0 saturated heterocycles. The molecule has 0 atom stereocenters. The van der Waals surface area contributed by atoms with Crippen LogP contribution in [0.25, 0.3) is 0 Å². The summed E-state index contributed by atoms with van der Waals surface area (Å²) in [5.74, 6) is 0.972. The number of hydrogen-bond acceptors (Lipinski definition) is 2. The summed E-state index contributed by atoms with van der Waals surface area (Å²) in [6.45, 7) is 1.52. The number of benzene rings is 2. The van der Waals surface area contributed by atoms with E-state index >= 15 is 0 Å². The Labute approximate surface area is 131 Å². The highest BCUT2D eigenvalue weighted by molar-refractivity contribution is 6.30. The van der Waals surface area contributed by atoms with Crippen molar-refractivity contribution in [1.29, 1.82) is 0 Å². The molecule has 3 heteroatoms. The number of para-hydroxylation sites is 1. The van der Waals surface area contributed by atoms with Gasteiger partial charge in [0.1, 0.15) is 12.4 Å². The van der Waals surface area contributed by atoms with Gasteiger partial charge in [0.2, 0.25) is 0 Å². The summed E-state index contributed by atoms with van der Waals surface area (Å²) in [5.41, 5.74) is 2.38. The maximum atomic E-state index is 5.99. The van der Waals surface area contributed by atoms with E-state index in [2.05, 4.69) is 24.1 Å². The van der Waals surface area contributed by atoms with Gasteiger partial charge in [-0.1, -0.05) is 41.9 Å². The molecule has 0 aliphatic heterocycles. The van der Waals surface area contributed by atoms with E-state index in [9.17, 15) is 0 Å². The molecule has 1 aliphatic carbocycles. The lowest BCUT2D eigenvalue weighted by Gasteiger charge is -2.18. The van der Waals surface area contributed by atoms with Crippen molar-refractivity contribution in [1.82, 2.24) is 4.90 Å². The fourth-order valence-corrected chi connectivity index (χ4v) is 2.56. The van der Waals surface area contributed by atoms with Crippen LogP contribution in [0.4, 0.5) is 0 Å². The lowest BCUT2D eigenvalue weighted by molar-refractivity contribution is 0.281. The quantitative estimate of drug-likeness (QED) is 0.778. The Kier molecular flexibility index (Phi) is 4.47. The minimum atomic E-state index is 0.571. The fraction of sp³-hybridized carbons (Fsp3) is 0.333. The molecule has 0 bridgehead atoms. The normalized spacial score (nSPS) is 14.4. The largest absolute Gasteiger partial charge is 0.489 e. The van der Waals surface area contributed by atoms with Crippen molar-refractivity contribution in [3.63, 3.8) is 0 Å². The van der Waals surface area contributed by atoms with E-state index in [1.165, 1.54) is 18.4 Å². The smallest absolute Gasteiger partial charge is 0.124 e. The van der Waals surface area contributed by atoms with Crippen molar-refractivity contribution < 1.29 is 4.74 Å². The topological polar surface area (TPSA) is 12.5 Å². The van der Waals surface area contributed by atoms with Crippen LogP contribution in [0.15, 0.2) is 48.5 Å². The van der Waals surface area contributed by atoms with E-state index in [1.54, 1.807) is 0 Å². The monoisotopic (exact) mass is 301 g/mol. The first-order valence-electron chi connectivity index (χ1n) is 7.38. The van der Waals surface area contributed by atoms with E-state index in [0.717, 1.165) is 28.9 Å². The zero-order chi connectivity index (χ0) is 14.7. The van der Waals surface area contributed by atoms with Crippen molar-refractivity contribution in [2.75, 3.05) is 7.05 Å². The van der Waals surface area contributed by atoms with Crippen LogP contribution in [0.2, 0.25) is 5.02 Å². The minimum absolute atomic E-state index is 0.571. The molecule has 3 rings (SSSR count). The molecular weight excluding hydrogens is 282 g/mol. The van der Waals surface area contributed by atoms with Crippen molar-refractivity contribution in [2.24, 2.45) is 0 Å². The van der Waals surface area contributed by atoms with Crippen LogP contribution in [0.5, 0.6) is 5.75 Å². The van der Waals surface area contributed by atoms with Gasteiger partial charge in [0, 0.05) is 23.2 Å². The van der Waals surface area contributed by atoms with Gasteiger partial charge in [-0.15, -0.1) is 0 Å². The number of halogens is 1. The molecule has 21 heavy (non-hydrogen) atoms. The highest BCUT2D eigenvalue weighted by Gasteiger charge is 2.26. The van der Waals surface area contributed by atoms with Gasteiger partial charge in [-0.25, -0.2) is 0 Å². The van der Waals surface area contributed by atoms with Crippen LogP contribution in [-0.4, -0.2) is 18.0 Å². The Morgan fingerprint density at radius 2 is 1.81 bits per heavy atom. The second-order valence-corrected chi connectivity index (χ2v) is 6.11. The molecule has 1 fully saturated rings. The average Bonchev–Trinajstić information content (AvgIpc) is 3.33. The van der Waals surface area contributed by atoms with Crippen LogP contribution in [0.1, 0.15) is 24.0 Å². The molecule has 1 aliphatic rings. The Hall–Kier alpha value is -1.51. The standard InChI is InChI=1S/C18H20ClNO/c1-20(17-10-11-17)12-15-4-2-3-5-18(15)21-13-14-6-8-16(19)9-7-14/h2-9,17H,10-13H2,1H3. The number of nitrogens with zero attached hydrogens (tertiary/aromatic N) is 1. The molecular formula is C18H20ClNO. The number of hydrogen-bond donors (Lipinski definition) is 0. The summed E-state index contributed by atoms with van der Waals surface area (Å²) in [4.78, 5) is 2.41. The molecule has 0 radical (unpaired) electrons.